The van der Waals surface area contributed by atoms with Crippen LogP contribution >= 0.6 is 0 Å². The van der Waals surface area contributed by atoms with Crippen molar-refractivity contribution < 1.29 is 9.18 Å². The van der Waals surface area contributed by atoms with Crippen LogP contribution in [0.25, 0.3) is 5.65 Å². The molecular formula is C8H5FN2O. The van der Waals surface area contributed by atoms with Crippen LogP contribution in [0.4, 0.5) is 4.39 Å². The Hall–Kier alpha value is -1.71. The van der Waals surface area contributed by atoms with Gasteiger partial charge in [-0.05, 0) is 6.07 Å². The lowest BCUT2D eigenvalue weighted by atomic mass is 10.4. The molecule has 0 atom stereocenters. The predicted molar refractivity (Wildman–Crippen MR) is 40.5 cm³/mol. The highest BCUT2D eigenvalue weighted by atomic mass is 19.1. The van der Waals surface area contributed by atoms with Gasteiger partial charge in [-0.3, -0.25) is 9.20 Å². The molecule has 3 nitrogen and oxygen atoms in total. The molecule has 0 aliphatic carbocycles. The summed E-state index contributed by atoms with van der Waals surface area (Å²) in [5, 5.41) is 0. The second kappa shape index (κ2) is 2.41. The molecule has 0 fully saturated rings. The molecule has 0 saturated carbocycles. The summed E-state index contributed by atoms with van der Waals surface area (Å²) in [6.45, 7) is 0. The molecule has 12 heavy (non-hydrogen) atoms. The van der Waals surface area contributed by atoms with Gasteiger partial charge in [-0.25, -0.2) is 9.37 Å². The fourth-order valence-electron chi connectivity index (χ4n) is 1.06. The number of aromatic nitrogens is 2. The smallest absolute Gasteiger partial charge is 0.168 e. The first-order valence-electron chi connectivity index (χ1n) is 3.39. The van der Waals surface area contributed by atoms with Crippen LogP contribution in [-0.4, -0.2) is 15.7 Å². The van der Waals surface area contributed by atoms with Gasteiger partial charge in [0.25, 0.3) is 0 Å². The monoisotopic (exact) mass is 164 g/mol. The van der Waals surface area contributed by atoms with Crippen LogP contribution in [0.3, 0.4) is 0 Å². The minimum atomic E-state index is -0.356. The molecule has 0 N–H and O–H groups in total. The summed E-state index contributed by atoms with van der Waals surface area (Å²) in [6.07, 6.45) is 3.56. The largest absolute Gasteiger partial charge is 0.297 e. The summed E-state index contributed by atoms with van der Waals surface area (Å²) in [5.74, 6) is -0.356. The van der Waals surface area contributed by atoms with E-state index >= 15 is 0 Å². The molecule has 60 valence electrons. The molecule has 0 saturated heterocycles. The van der Waals surface area contributed by atoms with Gasteiger partial charge in [0.2, 0.25) is 0 Å². The van der Waals surface area contributed by atoms with Crippen molar-refractivity contribution in [1.82, 2.24) is 9.38 Å². The van der Waals surface area contributed by atoms with Crippen molar-refractivity contribution in [3.8, 4) is 0 Å². The van der Waals surface area contributed by atoms with Gasteiger partial charge in [0, 0.05) is 12.3 Å². The normalized spacial score (nSPS) is 10.4. The van der Waals surface area contributed by atoms with E-state index in [1.165, 1.54) is 28.9 Å². The Labute approximate surface area is 67.5 Å². The number of carbonyl (C=O) groups is 1. The molecule has 0 unspecified atom stereocenters. The number of aldehydes is 1. The molecule has 2 rings (SSSR count). The highest BCUT2D eigenvalue weighted by molar-refractivity contribution is 5.73. The number of nitrogens with zero attached hydrogens (tertiary/aromatic N) is 2. The van der Waals surface area contributed by atoms with E-state index in [0.29, 0.717) is 17.6 Å². The summed E-state index contributed by atoms with van der Waals surface area (Å²) in [5.41, 5.74) is 0.863. The van der Waals surface area contributed by atoms with Crippen LogP contribution in [0.2, 0.25) is 0 Å². The lowest BCUT2D eigenvalue weighted by molar-refractivity contribution is 0.111. The van der Waals surface area contributed by atoms with Crippen LogP contribution in [0.1, 0.15) is 10.5 Å². The first-order valence-corrected chi connectivity index (χ1v) is 3.39. The van der Waals surface area contributed by atoms with Gasteiger partial charge >= 0.3 is 0 Å². The summed E-state index contributed by atoms with van der Waals surface area (Å²) in [4.78, 5) is 14.3. The fourth-order valence-corrected chi connectivity index (χ4v) is 1.06. The van der Waals surface area contributed by atoms with E-state index in [0.717, 1.165) is 0 Å². The first kappa shape index (κ1) is 6.97. The number of pyridine rings is 1. The van der Waals surface area contributed by atoms with E-state index in [1.54, 1.807) is 0 Å². The third-order valence-corrected chi connectivity index (χ3v) is 1.62. The molecule has 0 spiro atoms. The number of imidazole rings is 1. The maximum absolute atomic E-state index is 12.6. The van der Waals surface area contributed by atoms with Crippen molar-refractivity contribution in [3.63, 3.8) is 0 Å². The third kappa shape index (κ3) is 0.887. The molecule has 4 heteroatoms. The van der Waals surface area contributed by atoms with E-state index in [1.807, 2.05) is 0 Å². The number of hydrogen-bond donors (Lipinski definition) is 0. The second-order valence-electron chi connectivity index (χ2n) is 2.37. The number of halogens is 1. The zero-order valence-electron chi connectivity index (χ0n) is 6.07. The van der Waals surface area contributed by atoms with Gasteiger partial charge < -0.3 is 0 Å². The van der Waals surface area contributed by atoms with Gasteiger partial charge in [0.1, 0.15) is 17.2 Å². The Kier molecular flexibility index (Phi) is 1.40. The molecule has 0 aromatic carbocycles. The average Bonchev–Trinajstić information content (AvgIpc) is 2.46. The fraction of sp³-hybridized carbons (Fsp3) is 0. The van der Waals surface area contributed by atoms with E-state index in [-0.39, 0.29) is 5.82 Å². The minimum Gasteiger partial charge on any atom is -0.297 e. The zero-order chi connectivity index (χ0) is 8.55. The van der Waals surface area contributed by atoms with E-state index in [9.17, 15) is 9.18 Å². The van der Waals surface area contributed by atoms with Gasteiger partial charge in [-0.2, -0.15) is 0 Å². The minimum absolute atomic E-state index is 0.356. The molecule has 2 heterocycles. The highest BCUT2D eigenvalue weighted by Gasteiger charge is 2.01. The average molecular weight is 164 g/mol. The van der Waals surface area contributed by atoms with Crippen molar-refractivity contribution in [2.45, 2.75) is 0 Å². The van der Waals surface area contributed by atoms with Gasteiger partial charge in [-0.15, -0.1) is 0 Å². The number of rotatable bonds is 1. The van der Waals surface area contributed by atoms with Crippen LogP contribution in [-0.2, 0) is 0 Å². The SMILES string of the molecule is O=Cc1cnc2cc(F)ccn12. The topological polar surface area (TPSA) is 34.4 Å². The Morgan fingerprint density at radius 1 is 1.58 bits per heavy atom. The van der Waals surface area contributed by atoms with Crippen molar-refractivity contribution in [1.29, 1.82) is 0 Å². The summed E-state index contributed by atoms with van der Waals surface area (Å²) < 4.78 is 14.1. The summed E-state index contributed by atoms with van der Waals surface area (Å²) in [6, 6.07) is 2.55. The maximum Gasteiger partial charge on any atom is 0.168 e. The molecule has 0 amide bonds. The predicted octanol–water partition coefficient (Wildman–Crippen LogP) is 1.29. The van der Waals surface area contributed by atoms with Gasteiger partial charge in [-0.1, -0.05) is 0 Å². The van der Waals surface area contributed by atoms with Crippen molar-refractivity contribution in [2.75, 3.05) is 0 Å². The molecule has 0 aliphatic rings. The number of fused-ring (bicyclic) bond motifs is 1. The quantitative estimate of drug-likeness (QED) is 0.595. The Morgan fingerprint density at radius 2 is 2.42 bits per heavy atom. The van der Waals surface area contributed by atoms with E-state index in [2.05, 4.69) is 4.98 Å². The van der Waals surface area contributed by atoms with Crippen LogP contribution in [0.5, 0.6) is 0 Å². The zero-order valence-corrected chi connectivity index (χ0v) is 6.07. The molecule has 0 radical (unpaired) electrons. The van der Waals surface area contributed by atoms with Crippen molar-refractivity contribution in [2.24, 2.45) is 0 Å². The number of carbonyl (C=O) groups excluding carboxylic acids is 1. The Morgan fingerprint density at radius 3 is 3.17 bits per heavy atom. The van der Waals surface area contributed by atoms with E-state index < -0.39 is 0 Å². The van der Waals surface area contributed by atoms with Crippen molar-refractivity contribution >= 4 is 11.9 Å². The lowest BCUT2D eigenvalue weighted by Gasteiger charge is -1.93. The van der Waals surface area contributed by atoms with Crippen LogP contribution in [0.15, 0.2) is 24.5 Å². The molecule has 0 aliphatic heterocycles. The molecule has 2 aromatic rings. The first-order chi connectivity index (χ1) is 5.81. The van der Waals surface area contributed by atoms with Gasteiger partial charge in [0.05, 0.1) is 6.20 Å². The Balaban J connectivity index is 2.81. The third-order valence-electron chi connectivity index (χ3n) is 1.62. The summed E-state index contributed by atoms with van der Waals surface area (Å²) >= 11 is 0. The lowest BCUT2D eigenvalue weighted by Crippen LogP contribution is -1.90. The number of hydrogen-bond acceptors (Lipinski definition) is 2. The molecular weight excluding hydrogens is 159 g/mol. The van der Waals surface area contributed by atoms with Gasteiger partial charge in [0.15, 0.2) is 6.29 Å². The van der Waals surface area contributed by atoms with E-state index in [4.69, 9.17) is 0 Å². The molecule has 0 bridgehead atoms. The maximum atomic E-state index is 12.6. The summed E-state index contributed by atoms with van der Waals surface area (Å²) in [7, 11) is 0. The molecule has 2 aromatic heterocycles. The highest BCUT2D eigenvalue weighted by Crippen LogP contribution is 2.06. The Bertz CT molecular complexity index is 436. The second-order valence-corrected chi connectivity index (χ2v) is 2.37. The standard InChI is InChI=1S/C8H5FN2O/c9-6-1-2-11-7(5-12)4-10-8(11)3-6/h1-5H. The van der Waals surface area contributed by atoms with Crippen LogP contribution in [0, 0.1) is 5.82 Å². The van der Waals surface area contributed by atoms with Crippen LogP contribution < -0.4 is 0 Å². The van der Waals surface area contributed by atoms with Crippen molar-refractivity contribution in [3.05, 3.63) is 36.0 Å².